The molecule has 1 fully saturated rings. The van der Waals surface area contributed by atoms with Crippen LogP contribution >= 0.6 is 11.8 Å². The van der Waals surface area contributed by atoms with E-state index in [9.17, 15) is 9.59 Å². The molecule has 174 valence electrons. The molecule has 1 saturated heterocycles. The second-order valence-electron chi connectivity index (χ2n) is 7.99. The van der Waals surface area contributed by atoms with Crippen LogP contribution in [-0.2, 0) is 22.7 Å². The number of rotatable bonds is 8. The number of amides is 2. The van der Waals surface area contributed by atoms with Gasteiger partial charge >= 0.3 is 0 Å². The van der Waals surface area contributed by atoms with Gasteiger partial charge in [-0.05, 0) is 32.3 Å². The summed E-state index contributed by atoms with van der Waals surface area (Å²) < 4.78 is 7.05. The van der Waals surface area contributed by atoms with Gasteiger partial charge in [-0.15, -0.1) is 10.2 Å². The van der Waals surface area contributed by atoms with Crippen LogP contribution in [0.2, 0.25) is 0 Å². The van der Waals surface area contributed by atoms with Crippen molar-refractivity contribution < 1.29 is 14.1 Å². The van der Waals surface area contributed by atoms with Crippen molar-refractivity contribution >= 4 is 29.4 Å². The third-order valence-electron chi connectivity index (χ3n) is 5.56. The van der Waals surface area contributed by atoms with Crippen LogP contribution in [0, 0.1) is 6.92 Å². The Morgan fingerprint density at radius 3 is 2.76 bits per heavy atom. The van der Waals surface area contributed by atoms with E-state index in [4.69, 9.17) is 4.52 Å². The molecule has 1 aliphatic heterocycles. The summed E-state index contributed by atoms with van der Waals surface area (Å²) in [6, 6.07) is 11.2. The summed E-state index contributed by atoms with van der Waals surface area (Å²) in [6.07, 6.45) is 3.60. The number of likely N-dealkylation sites (tertiary alicyclic amines) is 1. The SMILES string of the molecule is CCn1c(CN2CCCCCC2=O)nnc1S[C@@H](C(=O)Nc1cc(C)on1)c1ccccc1. The van der Waals surface area contributed by atoms with E-state index >= 15 is 0 Å². The largest absolute Gasteiger partial charge is 0.360 e. The highest BCUT2D eigenvalue weighted by molar-refractivity contribution is 8.00. The van der Waals surface area contributed by atoms with Crippen molar-refractivity contribution in [2.24, 2.45) is 0 Å². The third kappa shape index (κ3) is 5.62. The molecule has 3 heterocycles. The Morgan fingerprint density at radius 1 is 1.21 bits per heavy atom. The number of aromatic nitrogens is 4. The fourth-order valence-electron chi connectivity index (χ4n) is 3.84. The number of carbonyl (C=O) groups is 2. The van der Waals surface area contributed by atoms with Gasteiger partial charge in [0.05, 0.1) is 6.54 Å². The van der Waals surface area contributed by atoms with Gasteiger partial charge in [0.25, 0.3) is 0 Å². The van der Waals surface area contributed by atoms with Gasteiger partial charge in [-0.25, -0.2) is 0 Å². The summed E-state index contributed by atoms with van der Waals surface area (Å²) >= 11 is 1.33. The Bertz CT molecular complexity index is 1100. The van der Waals surface area contributed by atoms with E-state index in [2.05, 4.69) is 20.7 Å². The molecule has 1 aromatic carbocycles. The van der Waals surface area contributed by atoms with Crippen LogP contribution < -0.4 is 5.32 Å². The van der Waals surface area contributed by atoms with Gasteiger partial charge in [0.15, 0.2) is 16.8 Å². The standard InChI is InChI=1S/C23H28N6O3S/c1-3-29-19(15-28-13-9-5-8-12-20(28)30)25-26-23(29)33-21(17-10-6-4-7-11-17)22(31)24-18-14-16(2)32-27-18/h4,6-7,10-11,14,21H,3,5,8-9,12-13,15H2,1-2H3,(H,24,27,31)/t21-/m1/s1. The van der Waals surface area contributed by atoms with Crippen LogP contribution in [0.15, 0.2) is 46.1 Å². The first kappa shape index (κ1) is 23.0. The lowest BCUT2D eigenvalue weighted by atomic mass is 10.1. The van der Waals surface area contributed by atoms with E-state index in [1.54, 1.807) is 13.0 Å². The molecular weight excluding hydrogens is 440 g/mol. The number of hydrogen-bond donors (Lipinski definition) is 1. The lowest BCUT2D eigenvalue weighted by Gasteiger charge is -2.20. The smallest absolute Gasteiger partial charge is 0.243 e. The lowest BCUT2D eigenvalue weighted by Crippen LogP contribution is -2.31. The van der Waals surface area contributed by atoms with E-state index in [-0.39, 0.29) is 11.8 Å². The molecule has 3 aromatic rings. The fourth-order valence-corrected chi connectivity index (χ4v) is 4.96. The van der Waals surface area contributed by atoms with Crippen molar-refractivity contribution in [1.82, 2.24) is 24.8 Å². The molecular formula is C23H28N6O3S. The topological polar surface area (TPSA) is 106 Å². The van der Waals surface area contributed by atoms with Crippen molar-refractivity contribution in [3.8, 4) is 0 Å². The van der Waals surface area contributed by atoms with Gasteiger partial charge in [0.1, 0.15) is 11.0 Å². The molecule has 0 unspecified atom stereocenters. The molecule has 0 bridgehead atoms. The van der Waals surface area contributed by atoms with Crippen molar-refractivity contribution in [3.05, 3.63) is 53.5 Å². The Labute approximate surface area is 196 Å². The van der Waals surface area contributed by atoms with E-state index in [1.807, 2.05) is 46.7 Å². The molecule has 0 radical (unpaired) electrons. The molecule has 4 rings (SSSR count). The summed E-state index contributed by atoms with van der Waals surface area (Å²) in [4.78, 5) is 27.5. The van der Waals surface area contributed by atoms with Crippen LogP contribution in [0.1, 0.15) is 55.0 Å². The number of hydrogen-bond acceptors (Lipinski definition) is 7. The molecule has 33 heavy (non-hydrogen) atoms. The average Bonchev–Trinajstić information content (AvgIpc) is 3.34. The van der Waals surface area contributed by atoms with Gasteiger partial charge in [-0.3, -0.25) is 9.59 Å². The highest BCUT2D eigenvalue weighted by Gasteiger charge is 2.27. The van der Waals surface area contributed by atoms with E-state index in [0.29, 0.717) is 36.2 Å². The number of anilines is 1. The van der Waals surface area contributed by atoms with Crippen molar-refractivity contribution in [3.63, 3.8) is 0 Å². The molecule has 9 nitrogen and oxygen atoms in total. The second kappa shape index (κ2) is 10.7. The first-order valence-corrected chi connectivity index (χ1v) is 12.1. The number of nitrogens with zero attached hydrogens (tertiary/aromatic N) is 5. The quantitative estimate of drug-likeness (QED) is 0.499. The molecule has 2 aromatic heterocycles. The summed E-state index contributed by atoms with van der Waals surface area (Å²) in [5, 5.41) is 15.5. The first-order chi connectivity index (χ1) is 16.0. The van der Waals surface area contributed by atoms with E-state index in [1.165, 1.54) is 11.8 Å². The maximum absolute atomic E-state index is 13.2. The monoisotopic (exact) mass is 468 g/mol. The fraction of sp³-hybridized carbons (Fsp3) is 0.435. The molecule has 1 N–H and O–H groups in total. The molecule has 0 spiro atoms. The number of aryl methyl sites for hydroxylation is 1. The minimum atomic E-state index is -0.564. The lowest BCUT2D eigenvalue weighted by molar-refractivity contribution is -0.131. The van der Waals surface area contributed by atoms with Crippen molar-refractivity contribution in [2.45, 2.75) is 63.0 Å². The van der Waals surface area contributed by atoms with Crippen LogP contribution in [0.3, 0.4) is 0 Å². The summed E-state index contributed by atoms with van der Waals surface area (Å²) in [5.41, 5.74) is 0.843. The van der Waals surface area contributed by atoms with Gasteiger partial charge in [0.2, 0.25) is 11.8 Å². The second-order valence-corrected chi connectivity index (χ2v) is 9.06. The Balaban J connectivity index is 1.56. The van der Waals surface area contributed by atoms with Crippen LogP contribution in [0.25, 0.3) is 0 Å². The summed E-state index contributed by atoms with van der Waals surface area (Å²) in [6.45, 7) is 5.59. The van der Waals surface area contributed by atoms with Gasteiger partial charge in [-0.1, -0.05) is 53.7 Å². The molecule has 0 aliphatic carbocycles. The summed E-state index contributed by atoms with van der Waals surface area (Å²) in [7, 11) is 0. The predicted molar refractivity (Wildman–Crippen MR) is 124 cm³/mol. The minimum Gasteiger partial charge on any atom is -0.360 e. The number of carbonyl (C=O) groups excluding carboxylic acids is 2. The number of nitrogens with one attached hydrogen (secondary N) is 1. The summed E-state index contributed by atoms with van der Waals surface area (Å²) in [5.74, 6) is 1.66. The van der Waals surface area contributed by atoms with Gasteiger partial charge in [0, 0.05) is 25.6 Å². The maximum Gasteiger partial charge on any atom is 0.243 e. The zero-order valence-corrected chi connectivity index (χ0v) is 19.7. The molecule has 10 heteroatoms. The van der Waals surface area contributed by atoms with Gasteiger partial charge in [-0.2, -0.15) is 0 Å². The van der Waals surface area contributed by atoms with Crippen molar-refractivity contribution in [2.75, 3.05) is 11.9 Å². The molecule has 1 atom stereocenters. The normalized spacial score (nSPS) is 15.3. The highest BCUT2D eigenvalue weighted by atomic mass is 32.2. The van der Waals surface area contributed by atoms with Crippen LogP contribution in [0.5, 0.6) is 0 Å². The number of benzene rings is 1. The van der Waals surface area contributed by atoms with E-state index in [0.717, 1.165) is 37.2 Å². The number of thioether (sulfide) groups is 1. The molecule has 0 saturated carbocycles. The van der Waals surface area contributed by atoms with Crippen LogP contribution in [0.4, 0.5) is 5.82 Å². The van der Waals surface area contributed by atoms with Crippen molar-refractivity contribution in [1.29, 1.82) is 0 Å². The average molecular weight is 469 g/mol. The Hall–Kier alpha value is -3.14. The zero-order chi connectivity index (χ0) is 23.2. The predicted octanol–water partition coefficient (Wildman–Crippen LogP) is 3.97. The molecule has 1 aliphatic rings. The van der Waals surface area contributed by atoms with Gasteiger partial charge < -0.3 is 19.3 Å². The maximum atomic E-state index is 13.2. The zero-order valence-electron chi connectivity index (χ0n) is 18.9. The minimum absolute atomic E-state index is 0.164. The Morgan fingerprint density at radius 2 is 2.03 bits per heavy atom. The molecule has 2 amide bonds. The Kier molecular flexibility index (Phi) is 7.43. The first-order valence-electron chi connectivity index (χ1n) is 11.2. The van der Waals surface area contributed by atoms with E-state index < -0.39 is 5.25 Å². The third-order valence-corrected chi connectivity index (χ3v) is 6.79. The highest BCUT2D eigenvalue weighted by Crippen LogP contribution is 2.36. The van der Waals surface area contributed by atoms with Crippen LogP contribution in [-0.4, -0.2) is 43.2 Å².